The van der Waals surface area contributed by atoms with E-state index in [0.29, 0.717) is 11.1 Å². The fraction of sp³-hybridized carbons (Fsp3) is 0.357. The van der Waals surface area contributed by atoms with Crippen molar-refractivity contribution >= 4 is 16.7 Å². The molecule has 0 aliphatic heterocycles. The SMILES string of the molecule is CCCNc1nc2cc(F)c(C)cc2cc1C. The van der Waals surface area contributed by atoms with Crippen molar-refractivity contribution < 1.29 is 4.39 Å². The van der Waals surface area contributed by atoms with Crippen LogP contribution in [0.25, 0.3) is 10.9 Å². The summed E-state index contributed by atoms with van der Waals surface area (Å²) in [5, 5.41) is 4.24. The zero-order chi connectivity index (χ0) is 12.4. The highest BCUT2D eigenvalue weighted by atomic mass is 19.1. The van der Waals surface area contributed by atoms with Gasteiger partial charge in [0.15, 0.2) is 0 Å². The summed E-state index contributed by atoms with van der Waals surface area (Å²) >= 11 is 0. The number of pyridine rings is 1. The predicted molar refractivity (Wildman–Crippen MR) is 70.0 cm³/mol. The lowest BCUT2D eigenvalue weighted by Gasteiger charge is -2.09. The first kappa shape index (κ1) is 11.8. The average molecular weight is 232 g/mol. The first-order valence-corrected chi connectivity index (χ1v) is 5.93. The molecule has 1 N–H and O–H groups in total. The van der Waals surface area contributed by atoms with Crippen LogP contribution in [0.3, 0.4) is 0 Å². The fourth-order valence-corrected chi connectivity index (χ4v) is 1.84. The van der Waals surface area contributed by atoms with E-state index in [4.69, 9.17) is 0 Å². The van der Waals surface area contributed by atoms with Crippen LogP contribution in [0, 0.1) is 19.7 Å². The van der Waals surface area contributed by atoms with E-state index >= 15 is 0 Å². The molecule has 2 nitrogen and oxygen atoms in total. The van der Waals surface area contributed by atoms with Crippen molar-refractivity contribution in [2.45, 2.75) is 27.2 Å². The van der Waals surface area contributed by atoms with E-state index in [-0.39, 0.29) is 5.82 Å². The number of hydrogen-bond acceptors (Lipinski definition) is 2. The first-order valence-electron chi connectivity index (χ1n) is 5.93. The molecular formula is C14H17FN2. The molecule has 0 amide bonds. The molecule has 0 saturated heterocycles. The van der Waals surface area contributed by atoms with Crippen LogP contribution in [0.4, 0.5) is 10.2 Å². The van der Waals surface area contributed by atoms with Crippen molar-refractivity contribution in [3.8, 4) is 0 Å². The van der Waals surface area contributed by atoms with E-state index in [9.17, 15) is 4.39 Å². The van der Waals surface area contributed by atoms with Crippen molar-refractivity contribution in [3.63, 3.8) is 0 Å². The summed E-state index contributed by atoms with van der Waals surface area (Å²) in [6, 6.07) is 5.39. The number of fused-ring (bicyclic) bond motifs is 1. The minimum atomic E-state index is -0.199. The summed E-state index contributed by atoms with van der Waals surface area (Å²) in [6.07, 6.45) is 1.04. The topological polar surface area (TPSA) is 24.9 Å². The Morgan fingerprint density at radius 2 is 1.88 bits per heavy atom. The zero-order valence-electron chi connectivity index (χ0n) is 10.5. The Bertz CT molecular complexity index is 549. The number of aryl methyl sites for hydroxylation is 2. The van der Waals surface area contributed by atoms with Gasteiger partial charge in [0.25, 0.3) is 0 Å². The highest BCUT2D eigenvalue weighted by Gasteiger charge is 2.06. The molecule has 0 fully saturated rings. The molecule has 0 aliphatic rings. The number of anilines is 1. The van der Waals surface area contributed by atoms with Gasteiger partial charge in [-0.05, 0) is 43.5 Å². The second kappa shape index (κ2) is 4.70. The van der Waals surface area contributed by atoms with Gasteiger partial charge in [0, 0.05) is 18.0 Å². The van der Waals surface area contributed by atoms with Crippen molar-refractivity contribution in [2.75, 3.05) is 11.9 Å². The van der Waals surface area contributed by atoms with E-state index in [1.54, 1.807) is 6.92 Å². The molecule has 0 spiro atoms. The number of halogens is 1. The van der Waals surface area contributed by atoms with Gasteiger partial charge in [-0.15, -0.1) is 0 Å². The van der Waals surface area contributed by atoms with Gasteiger partial charge in [0.1, 0.15) is 11.6 Å². The van der Waals surface area contributed by atoms with E-state index in [1.807, 2.05) is 19.1 Å². The summed E-state index contributed by atoms with van der Waals surface area (Å²) in [5.41, 5.74) is 2.46. The quantitative estimate of drug-likeness (QED) is 0.870. The Balaban J connectivity index is 2.51. The maximum atomic E-state index is 13.5. The second-order valence-electron chi connectivity index (χ2n) is 4.37. The molecule has 1 heterocycles. The Morgan fingerprint density at radius 1 is 1.18 bits per heavy atom. The Hall–Kier alpha value is -1.64. The number of rotatable bonds is 3. The summed E-state index contributed by atoms with van der Waals surface area (Å²) < 4.78 is 13.5. The van der Waals surface area contributed by atoms with E-state index < -0.39 is 0 Å². The summed E-state index contributed by atoms with van der Waals surface area (Å²) in [7, 11) is 0. The van der Waals surface area contributed by atoms with Gasteiger partial charge in [0.2, 0.25) is 0 Å². The number of hydrogen-bond donors (Lipinski definition) is 1. The highest BCUT2D eigenvalue weighted by molar-refractivity contribution is 5.82. The van der Waals surface area contributed by atoms with E-state index in [0.717, 1.165) is 29.7 Å². The minimum Gasteiger partial charge on any atom is -0.370 e. The molecule has 2 rings (SSSR count). The van der Waals surface area contributed by atoms with Crippen LogP contribution >= 0.6 is 0 Å². The highest BCUT2D eigenvalue weighted by Crippen LogP contribution is 2.22. The third-order valence-electron chi connectivity index (χ3n) is 2.83. The number of nitrogens with zero attached hydrogens (tertiary/aromatic N) is 1. The molecule has 0 saturated carbocycles. The predicted octanol–water partition coefficient (Wildman–Crippen LogP) is 3.81. The molecular weight excluding hydrogens is 215 g/mol. The van der Waals surface area contributed by atoms with E-state index in [1.165, 1.54) is 6.07 Å². The monoisotopic (exact) mass is 232 g/mol. The van der Waals surface area contributed by atoms with Gasteiger partial charge in [-0.2, -0.15) is 0 Å². The van der Waals surface area contributed by atoms with Gasteiger partial charge in [0.05, 0.1) is 5.52 Å². The third-order valence-corrected chi connectivity index (χ3v) is 2.83. The standard InChI is InChI=1S/C14H17FN2/c1-4-5-16-14-10(3)7-11-6-9(2)12(15)8-13(11)17-14/h6-8H,4-5H2,1-3H3,(H,16,17). The number of aromatic nitrogens is 1. The lowest BCUT2D eigenvalue weighted by atomic mass is 10.1. The molecule has 0 aliphatic carbocycles. The van der Waals surface area contributed by atoms with Crippen molar-refractivity contribution in [3.05, 3.63) is 35.1 Å². The largest absolute Gasteiger partial charge is 0.370 e. The van der Waals surface area contributed by atoms with Crippen LogP contribution < -0.4 is 5.32 Å². The number of nitrogens with one attached hydrogen (secondary N) is 1. The smallest absolute Gasteiger partial charge is 0.129 e. The molecule has 1 aromatic carbocycles. The Morgan fingerprint density at radius 3 is 2.59 bits per heavy atom. The van der Waals surface area contributed by atoms with Crippen LogP contribution in [0.5, 0.6) is 0 Å². The Labute approximate surface area is 101 Å². The van der Waals surface area contributed by atoms with Gasteiger partial charge >= 0.3 is 0 Å². The minimum absolute atomic E-state index is 0.199. The Kier molecular flexibility index (Phi) is 3.27. The van der Waals surface area contributed by atoms with Crippen LogP contribution in [0.1, 0.15) is 24.5 Å². The van der Waals surface area contributed by atoms with Crippen LogP contribution in [0.2, 0.25) is 0 Å². The molecule has 0 atom stereocenters. The summed E-state index contributed by atoms with van der Waals surface area (Å²) in [4.78, 5) is 4.46. The lowest BCUT2D eigenvalue weighted by Crippen LogP contribution is -2.04. The van der Waals surface area contributed by atoms with Gasteiger partial charge < -0.3 is 5.32 Å². The molecule has 1 aromatic heterocycles. The zero-order valence-corrected chi connectivity index (χ0v) is 10.5. The van der Waals surface area contributed by atoms with Gasteiger partial charge in [-0.3, -0.25) is 0 Å². The summed E-state index contributed by atoms with van der Waals surface area (Å²) in [5.74, 6) is 0.651. The van der Waals surface area contributed by atoms with E-state index in [2.05, 4.69) is 17.2 Å². The maximum Gasteiger partial charge on any atom is 0.129 e. The van der Waals surface area contributed by atoms with Gasteiger partial charge in [-0.25, -0.2) is 9.37 Å². The second-order valence-corrected chi connectivity index (χ2v) is 4.37. The lowest BCUT2D eigenvalue weighted by molar-refractivity contribution is 0.620. The molecule has 0 unspecified atom stereocenters. The van der Waals surface area contributed by atoms with Crippen molar-refractivity contribution in [2.24, 2.45) is 0 Å². The average Bonchev–Trinajstić information content (AvgIpc) is 2.29. The van der Waals surface area contributed by atoms with Crippen LogP contribution in [-0.4, -0.2) is 11.5 Å². The third kappa shape index (κ3) is 2.38. The van der Waals surface area contributed by atoms with Crippen LogP contribution in [-0.2, 0) is 0 Å². The summed E-state index contributed by atoms with van der Waals surface area (Å²) in [6.45, 7) is 6.77. The molecule has 90 valence electrons. The maximum absolute atomic E-state index is 13.5. The molecule has 3 heteroatoms. The van der Waals surface area contributed by atoms with Gasteiger partial charge in [-0.1, -0.05) is 6.92 Å². The molecule has 17 heavy (non-hydrogen) atoms. The molecule has 0 bridgehead atoms. The van der Waals surface area contributed by atoms with Crippen molar-refractivity contribution in [1.29, 1.82) is 0 Å². The molecule has 2 aromatic rings. The molecule has 0 radical (unpaired) electrons. The van der Waals surface area contributed by atoms with Crippen molar-refractivity contribution in [1.82, 2.24) is 4.98 Å². The fourth-order valence-electron chi connectivity index (χ4n) is 1.84. The first-order chi connectivity index (χ1) is 8.11. The number of benzene rings is 1. The normalized spacial score (nSPS) is 10.8. The van der Waals surface area contributed by atoms with Crippen LogP contribution in [0.15, 0.2) is 18.2 Å².